The van der Waals surface area contributed by atoms with E-state index in [-0.39, 0.29) is 0 Å². The number of hydrogen-bond donors (Lipinski definition) is 1. The SMILES string of the molecule is CCOc1ncnc(N2CCNCC2CC)c1C. The zero-order valence-corrected chi connectivity index (χ0v) is 11.4. The molecule has 0 amide bonds. The summed E-state index contributed by atoms with van der Waals surface area (Å²) in [4.78, 5) is 11.0. The molecule has 0 aromatic carbocycles. The summed E-state index contributed by atoms with van der Waals surface area (Å²) in [5, 5.41) is 3.43. The number of nitrogens with zero attached hydrogens (tertiary/aromatic N) is 3. The summed E-state index contributed by atoms with van der Waals surface area (Å²) in [6.45, 7) is 9.87. The van der Waals surface area contributed by atoms with Gasteiger partial charge in [0, 0.05) is 25.7 Å². The zero-order valence-electron chi connectivity index (χ0n) is 11.4. The van der Waals surface area contributed by atoms with Gasteiger partial charge >= 0.3 is 0 Å². The number of rotatable bonds is 4. The van der Waals surface area contributed by atoms with Crippen molar-refractivity contribution in [2.24, 2.45) is 0 Å². The Morgan fingerprint density at radius 1 is 1.44 bits per heavy atom. The Labute approximate surface area is 109 Å². The summed E-state index contributed by atoms with van der Waals surface area (Å²) < 4.78 is 5.54. The Morgan fingerprint density at radius 3 is 3.00 bits per heavy atom. The van der Waals surface area contributed by atoms with Crippen LogP contribution >= 0.6 is 0 Å². The quantitative estimate of drug-likeness (QED) is 0.874. The van der Waals surface area contributed by atoms with E-state index in [4.69, 9.17) is 4.74 Å². The summed E-state index contributed by atoms with van der Waals surface area (Å²) in [5.74, 6) is 1.72. The molecular weight excluding hydrogens is 228 g/mol. The van der Waals surface area contributed by atoms with Crippen molar-refractivity contribution in [2.45, 2.75) is 33.2 Å². The van der Waals surface area contributed by atoms with Crippen molar-refractivity contribution in [3.05, 3.63) is 11.9 Å². The molecule has 1 aromatic rings. The van der Waals surface area contributed by atoms with Gasteiger partial charge in [-0.2, -0.15) is 0 Å². The van der Waals surface area contributed by atoms with Crippen LogP contribution < -0.4 is 15.0 Å². The van der Waals surface area contributed by atoms with Crippen molar-refractivity contribution in [3.8, 4) is 5.88 Å². The molecule has 1 fully saturated rings. The Balaban J connectivity index is 2.28. The Kier molecular flexibility index (Phi) is 4.36. The molecule has 5 nitrogen and oxygen atoms in total. The molecule has 0 radical (unpaired) electrons. The molecule has 5 heteroatoms. The summed E-state index contributed by atoms with van der Waals surface area (Å²) >= 11 is 0. The zero-order chi connectivity index (χ0) is 13.0. The minimum atomic E-state index is 0.502. The maximum absolute atomic E-state index is 5.54. The molecule has 1 aromatic heterocycles. The largest absolute Gasteiger partial charge is 0.478 e. The highest BCUT2D eigenvalue weighted by atomic mass is 16.5. The van der Waals surface area contributed by atoms with Crippen LogP contribution in [0.4, 0.5) is 5.82 Å². The first-order valence-electron chi connectivity index (χ1n) is 6.69. The molecule has 0 spiro atoms. The van der Waals surface area contributed by atoms with Gasteiger partial charge < -0.3 is 15.0 Å². The van der Waals surface area contributed by atoms with Crippen LogP contribution in [0.15, 0.2) is 6.33 Å². The van der Waals surface area contributed by atoms with Crippen LogP contribution in [0.2, 0.25) is 0 Å². The summed E-state index contributed by atoms with van der Waals surface area (Å²) in [5.41, 5.74) is 1.04. The number of nitrogens with one attached hydrogen (secondary N) is 1. The highest BCUT2D eigenvalue weighted by Crippen LogP contribution is 2.26. The molecule has 100 valence electrons. The van der Waals surface area contributed by atoms with E-state index in [1.165, 1.54) is 0 Å². The molecule has 1 aliphatic heterocycles. The van der Waals surface area contributed by atoms with E-state index < -0.39 is 0 Å². The standard InChI is InChI=1S/C13H22N4O/c1-4-11-8-14-6-7-17(11)12-10(3)13(18-5-2)16-9-15-12/h9,11,14H,4-8H2,1-3H3. The Hall–Kier alpha value is -1.36. The first-order chi connectivity index (χ1) is 8.77. The van der Waals surface area contributed by atoms with Crippen LogP contribution in [-0.4, -0.2) is 42.3 Å². The number of aromatic nitrogens is 2. The molecule has 2 heterocycles. The van der Waals surface area contributed by atoms with Crippen molar-refractivity contribution >= 4 is 5.82 Å². The van der Waals surface area contributed by atoms with Crippen LogP contribution in [0, 0.1) is 6.92 Å². The second-order valence-corrected chi connectivity index (χ2v) is 4.52. The van der Waals surface area contributed by atoms with Crippen molar-refractivity contribution in [1.82, 2.24) is 15.3 Å². The van der Waals surface area contributed by atoms with Gasteiger partial charge in [-0.25, -0.2) is 9.97 Å². The van der Waals surface area contributed by atoms with Crippen molar-refractivity contribution in [2.75, 3.05) is 31.1 Å². The Bertz CT molecular complexity index is 397. The van der Waals surface area contributed by atoms with E-state index in [0.29, 0.717) is 18.5 Å². The number of anilines is 1. The fourth-order valence-electron chi connectivity index (χ4n) is 2.40. The average Bonchev–Trinajstić information content (AvgIpc) is 2.41. The number of ether oxygens (including phenoxy) is 1. The van der Waals surface area contributed by atoms with Crippen LogP contribution in [0.5, 0.6) is 5.88 Å². The van der Waals surface area contributed by atoms with Crippen LogP contribution in [-0.2, 0) is 0 Å². The summed E-state index contributed by atoms with van der Waals surface area (Å²) in [7, 11) is 0. The van der Waals surface area contributed by atoms with Gasteiger partial charge in [0.2, 0.25) is 5.88 Å². The maximum atomic E-state index is 5.54. The molecule has 1 atom stereocenters. The molecule has 1 aliphatic rings. The third kappa shape index (κ3) is 2.56. The highest BCUT2D eigenvalue weighted by Gasteiger charge is 2.24. The fraction of sp³-hybridized carbons (Fsp3) is 0.692. The second kappa shape index (κ2) is 6.00. The van der Waals surface area contributed by atoms with Crippen LogP contribution in [0.3, 0.4) is 0 Å². The minimum absolute atomic E-state index is 0.502. The van der Waals surface area contributed by atoms with Crippen molar-refractivity contribution < 1.29 is 4.74 Å². The van der Waals surface area contributed by atoms with Gasteiger partial charge in [0.25, 0.3) is 0 Å². The van der Waals surface area contributed by atoms with Gasteiger partial charge in [-0.05, 0) is 20.3 Å². The second-order valence-electron chi connectivity index (χ2n) is 4.52. The van der Waals surface area contributed by atoms with Gasteiger partial charge in [-0.1, -0.05) is 6.92 Å². The van der Waals surface area contributed by atoms with E-state index >= 15 is 0 Å². The minimum Gasteiger partial charge on any atom is -0.478 e. The smallest absolute Gasteiger partial charge is 0.221 e. The third-order valence-electron chi connectivity index (χ3n) is 3.39. The molecule has 2 rings (SSSR count). The molecule has 1 N–H and O–H groups in total. The molecule has 18 heavy (non-hydrogen) atoms. The third-order valence-corrected chi connectivity index (χ3v) is 3.39. The van der Waals surface area contributed by atoms with E-state index in [0.717, 1.165) is 37.4 Å². The van der Waals surface area contributed by atoms with Crippen molar-refractivity contribution in [1.29, 1.82) is 0 Å². The molecule has 0 bridgehead atoms. The van der Waals surface area contributed by atoms with Gasteiger partial charge in [-0.15, -0.1) is 0 Å². The molecule has 0 saturated carbocycles. The molecule has 1 saturated heterocycles. The lowest BCUT2D eigenvalue weighted by Gasteiger charge is -2.37. The van der Waals surface area contributed by atoms with E-state index in [1.807, 2.05) is 13.8 Å². The fourth-order valence-corrected chi connectivity index (χ4v) is 2.40. The average molecular weight is 250 g/mol. The monoisotopic (exact) mass is 250 g/mol. The van der Waals surface area contributed by atoms with Crippen LogP contribution in [0.1, 0.15) is 25.8 Å². The molecular formula is C13H22N4O. The first kappa shape index (κ1) is 13.1. The number of piperazine rings is 1. The summed E-state index contributed by atoms with van der Waals surface area (Å²) in [6, 6.07) is 0.502. The summed E-state index contributed by atoms with van der Waals surface area (Å²) in [6.07, 6.45) is 2.71. The predicted molar refractivity (Wildman–Crippen MR) is 72.2 cm³/mol. The maximum Gasteiger partial charge on any atom is 0.221 e. The lowest BCUT2D eigenvalue weighted by Crippen LogP contribution is -2.51. The van der Waals surface area contributed by atoms with Gasteiger partial charge in [0.1, 0.15) is 12.1 Å². The molecule has 0 aliphatic carbocycles. The Morgan fingerprint density at radius 2 is 2.28 bits per heavy atom. The lowest BCUT2D eigenvalue weighted by molar-refractivity contribution is 0.323. The van der Waals surface area contributed by atoms with Gasteiger partial charge in [-0.3, -0.25) is 0 Å². The highest BCUT2D eigenvalue weighted by molar-refractivity contribution is 5.51. The normalized spacial score (nSPS) is 19.9. The van der Waals surface area contributed by atoms with E-state index in [1.54, 1.807) is 6.33 Å². The first-order valence-corrected chi connectivity index (χ1v) is 6.69. The van der Waals surface area contributed by atoms with Gasteiger partial charge in [0.15, 0.2) is 0 Å². The predicted octanol–water partition coefficient (Wildman–Crippen LogP) is 1.37. The molecule has 1 unspecified atom stereocenters. The topological polar surface area (TPSA) is 50.3 Å². The van der Waals surface area contributed by atoms with E-state index in [9.17, 15) is 0 Å². The van der Waals surface area contributed by atoms with Crippen LogP contribution in [0.25, 0.3) is 0 Å². The van der Waals surface area contributed by atoms with Crippen molar-refractivity contribution in [3.63, 3.8) is 0 Å². The lowest BCUT2D eigenvalue weighted by atomic mass is 10.1. The number of hydrogen-bond acceptors (Lipinski definition) is 5. The van der Waals surface area contributed by atoms with Gasteiger partial charge in [0.05, 0.1) is 12.2 Å². The van der Waals surface area contributed by atoms with E-state index in [2.05, 4.69) is 27.1 Å².